The first-order valence-electron chi connectivity index (χ1n) is 15.4. The number of likely N-dealkylation sites (tertiary alicyclic amines) is 1. The summed E-state index contributed by atoms with van der Waals surface area (Å²) in [5.41, 5.74) is 6.52. The average Bonchev–Trinajstić information content (AvgIpc) is 3.74. The van der Waals surface area contributed by atoms with Crippen molar-refractivity contribution in [3.05, 3.63) is 89.7 Å². The van der Waals surface area contributed by atoms with Crippen molar-refractivity contribution in [1.29, 1.82) is 0 Å². The van der Waals surface area contributed by atoms with E-state index in [4.69, 9.17) is 14.5 Å². The van der Waals surface area contributed by atoms with E-state index in [9.17, 15) is 4.79 Å². The Morgan fingerprint density at radius 3 is 2.31 bits per heavy atom. The lowest BCUT2D eigenvalue weighted by Gasteiger charge is -2.42. The zero-order chi connectivity index (χ0) is 29.3. The van der Waals surface area contributed by atoms with Crippen molar-refractivity contribution in [2.24, 2.45) is 5.92 Å². The molecule has 0 atom stereocenters. The quantitative estimate of drug-likeness (QED) is 0.218. The fraction of sp³-hybridized carbons (Fsp3) is 0.444. The number of aryl methyl sites for hydroxylation is 1. The van der Waals surface area contributed by atoms with E-state index in [-0.39, 0.29) is 11.5 Å². The van der Waals surface area contributed by atoms with Crippen molar-refractivity contribution in [3.8, 4) is 11.1 Å². The lowest BCUT2D eigenvalue weighted by atomic mass is 9.73. The van der Waals surface area contributed by atoms with Gasteiger partial charge in [-0.3, -0.25) is 0 Å². The van der Waals surface area contributed by atoms with Gasteiger partial charge in [0.25, 0.3) is 0 Å². The Bertz CT molecular complexity index is 1520. The molecule has 6 heteroatoms. The lowest BCUT2D eigenvalue weighted by molar-refractivity contribution is 0.00242. The summed E-state index contributed by atoms with van der Waals surface area (Å²) in [6.45, 7) is 11.2. The van der Waals surface area contributed by atoms with Crippen LogP contribution in [0, 0.1) is 12.8 Å². The van der Waals surface area contributed by atoms with E-state index in [0.717, 1.165) is 36.6 Å². The molecule has 0 bridgehead atoms. The average molecular weight is 566 g/mol. The van der Waals surface area contributed by atoms with Crippen LogP contribution in [0.2, 0.25) is 0 Å². The molecule has 1 saturated carbocycles. The molecule has 0 N–H and O–H groups in total. The Balaban J connectivity index is 1.21. The van der Waals surface area contributed by atoms with Crippen LogP contribution in [0.15, 0.2) is 72.8 Å². The first-order valence-corrected chi connectivity index (χ1v) is 15.4. The highest BCUT2D eigenvalue weighted by molar-refractivity contribution is 5.82. The number of amides is 1. The number of imidazole rings is 1. The number of rotatable bonds is 8. The molecule has 1 aliphatic carbocycles. The first-order chi connectivity index (χ1) is 20.2. The molecule has 0 radical (unpaired) electrons. The van der Waals surface area contributed by atoms with Gasteiger partial charge in [-0.25, -0.2) is 9.78 Å². The number of nitrogens with zero attached hydrogens (tertiary/aromatic N) is 3. The monoisotopic (exact) mass is 565 g/mol. The molecule has 3 aromatic carbocycles. The van der Waals surface area contributed by atoms with E-state index in [1.165, 1.54) is 40.6 Å². The van der Waals surface area contributed by atoms with Crippen LogP contribution >= 0.6 is 0 Å². The minimum atomic E-state index is -0.499. The number of aromatic nitrogens is 2. The Morgan fingerprint density at radius 2 is 1.64 bits per heavy atom. The molecule has 0 unspecified atom stereocenters. The SMILES string of the molecule is Cc1ccc(-c2ccc3nc(COCC4(c5ccccc5)CCN(C(=O)OC(C)(C)C)CC4)n(CC4CC4)c3c2)cc1. The minimum absolute atomic E-state index is 0.161. The summed E-state index contributed by atoms with van der Waals surface area (Å²) in [7, 11) is 0. The maximum Gasteiger partial charge on any atom is 0.410 e. The number of carbonyl (C=O) groups excluding carboxylic acids is 1. The zero-order valence-corrected chi connectivity index (χ0v) is 25.4. The highest BCUT2D eigenvalue weighted by Gasteiger charge is 2.39. The molecule has 42 heavy (non-hydrogen) atoms. The van der Waals surface area contributed by atoms with E-state index in [1.54, 1.807) is 0 Å². The molecular formula is C36H43N3O3. The normalized spacial score (nSPS) is 17.0. The van der Waals surface area contributed by atoms with Crippen LogP contribution in [0.4, 0.5) is 4.79 Å². The van der Waals surface area contributed by atoms with Crippen molar-refractivity contribution in [2.75, 3.05) is 19.7 Å². The third kappa shape index (κ3) is 6.39. The Kier molecular flexibility index (Phi) is 7.84. The number of fused-ring (bicyclic) bond motifs is 1. The maximum atomic E-state index is 12.8. The highest BCUT2D eigenvalue weighted by atomic mass is 16.6. The van der Waals surface area contributed by atoms with Crippen molar-refractivity contribution in [2.45, 2.75) is 77.5 Å². The fourth-order valence-corrected chi connectivity index (χ4v) is 6.06. The smallest absolute Gasteiger partial charge is 0.410 e. The van der Waals surface area contributed by atoms with Crippen molar-refractivity contribution >= 4 is 17.1 Å². The summed E-state index contributed by atoms with van der Waals surface area (Å²) in [5, 5.41) is 0. The van der Waals surface area contributed by atoms with Crippen LogP contribution < -0.4 is 0 Å². The number of ether oxygens (including phenoxy) is 2. The van der Waals surface area contributed by atoms with E-state index in [2.05, 4.69) is 84.3 Å². The molecule has 1 aliphatic heterocycles. The highest BCUT2D eigenvalue weighted by Crippen LogP contribution is 2.37. The van der Waals surface area contributed by atoms with Crippen LogP contribution in [0.1, 0.15) is 63.4 Å². The third-order valence-electron chi connectivity index (χ3n) is 8.72. The topological polar surface area (TPSA) is 56.6 Å². The number of carbonyl (C=O) groups is 1. The van der Waals surface area contributed by atoms with E-state index in [0.29, 0.717) is 26.3 Å². The summed E-state index contributed by atoms with van der Waals surface area (Å²) in [6, 6.07) is 26.0. The third-order valence-corrected chi connectivity index (χ3v) is 8.72. The van der Waals surface area contributed by atoms with Gasteiger partial charge in [0.15, 0.2) is 0 Å². The molecule has 2 aliphatic rings. The van der Waals surface area contributed by atoms with Gasteiger partial charge in [-0.1, -0.05) is 66.2 Å². The van der Waals surface area contributed by atoms with Crippen molar-refractivity contribution < 1.29 is 14.3 Å². The molecule has 1 aromatic heterocycles. The number of hydrogen-bond donors (Lipinski definition) is 0. The fourth-order valence-electron chi connectivity index (χ4n) is 6.06. The summed E-state index contributed by atoms with van der Waals surface area (Å²) in [5.74, 6) is 1.71. The molecule has 6 rings (SSSR count). The Morgan fingerprint density at radius 1 is 0.952 bits per heavy atom. The van der Waals surface area contributed by atoms with Crippen LogP contribution in [-0.2, 0) is 28.0 Å². The van der Waals surface area contributed by atoms with Gasteiger partial charge in [0.1, 0.15) is 18.0 Å². The van der Waals surface area contributed by atoms with Crippen molar-refractivity contribution in [3.63, 3.8) is 0 Å². The van der Waals surface area contributed by atoms with Gasteiger partial charge in [-0.2, -0.15) is 0 Å². The minimum Gasteiger partial charge on any atom is -0.444 e. The second-order valence-corrected chi connectivity index (χ2v) is 13.3. The van der Waals surface area contributed by atoms with Gasteiger partial charge in [0.2, 0.25) is 0 Å². The summed E-state index contributed by atoms with van der Waals surface area (Å²) < 4.78 is 14.6. The second-order valence-electron chi connectivity index (χ2n) is 13.3. The largest absolute Gasteiger partial charge is 0.444 e. The molecule has 220 valence electrons. The number of hydrogen-bond acceptors (Lipinski definition) is 4. The number of piperidine rings is 1. The van der Waals surface area contributed by atoms with E-state index >= 15 is 0 Å². The Hall–Kier alpha value is -3.64. The van der Waals surface area contributed by atoms with Crippen molar-refractivity contribution in [1.82, 2.24) is 14.5 Å². The molecule has 0 spiro atoms. The predicted octanol–water partition coefficient (Wildman–Crippen LogP) is 7.91. The molecule has 2 fully saturated rings. The molecule has 6 nitrogen and oxygen atoms in total. The molecule has 1 amide bonds. The van der Waals surface area contributed by atoms with Gasteiger partial charge < -0.3 is 18.9 Å². The maximum absolute atomic E-state index is 12.8. The van der Waals surface area contributed by atoms with Gasteiger partial charge >= 0.3 is 6.09 Å². The molecule has 2 heterocycles. The van der Waals surface area contributed by atoms with Crippen LogP contribution in [0.5, 0.6) is 0 Å². The lowest BCUT2D eigenvalue weighted by Crippen LogP contribution is -2.48. The number of benzene rings is 3. The van der Waals surface area contributed by atoms with Gasteiger partial charge in [0, 0.05) is 25.0 Å². The summed E-state index contributed by atoms with van der Waals surface area (Å²) in [6.07, 6.45) is 3.98. The molecular weight excluding hydrogens is 522 g/mol. The summed E-state index contributed by atoms with van der Waals surface area (Å²) in [4.78, 5) is 19.7. The van der Waals surface area contributed by atoms with E-state index in [1.807, 2.05) is 25.7 Å². The molecule has 1 saturated heterocycles. The Labute approximate surface area is 249 Å². The van der Waals surface area contributed by atoms with Crippen LogP contribution in [0.3, 0.4) is 0 Å². The van der Waals surface area contributed by atoms with E-state index < -0.39 is 5.60 Å². The summed E-state index contributed by atoms with van der Waals surface area (Å²) >= 11 is 0. The standard InChI is InChI=1S/C36H43N3O3/c1-26-10-14-28(15-11-26)29-16-17-31-32(22-29)39(23-27-12-13-27)33(37-31)24-41-25-36(30-8-6-5-7-9-30)18-20-38(21-19-36)34(40)42-35(2,3)4/h5-11,14-17,22,27H,12-13,18-21,23-25H2,1-4H3. The van der Waals surface area contributed by atoms with Gasteiger partial charge in [0.05, 0.1) is 17.6 Å². The first kappa shape index (κ1) is 28.5. The molecule has 4 aromatic rings. The van der Waals surface area contributed by atoms with Crippen LogP contribution in [-0.4, -0.2) is 45.8 Å². The predicted molar refractivity (Wildman–Crippen MR) is 167 cm³/mol. The zero-order valence-electron chi connectivity index (χ0n) is 25.4. The van der Waals surface area contributed by atoms with Gasteiger partial charge in [-0.15, -0.1) is 0 Å². The van der Waals surface area contributed by atoms with Crippen LogP contribution in [0.25, 0.3) is 22.2 Å². The second kappa shape index (κ2) is 11.6. The van der Waals surface area contributed by atoms with Gasteiger partial charge in [-0.05, 0) is 88.1 Å².